The topological polar surface area (TPSA) is 165 Å². The zero-order valence-corrected chi connectivity index (χ0v) is 22.4. The van der Waals surface area contributed by atoms with E-state index in [0.717, 1.165) is 0 Å². The molecular formula is C25H35N7O4S. The van der Waals surface area contributed by atoms with Crippen molar-refractivity contribution >= 4 is 28.7 Å². The summed E-state index contributed by atoms with van der Waals surface area (Å²) in [7, 11) is -3.27. The van der Waals surface area contributed by atoms with Crippen LogP contribution in [0.25, 0.3) is 11.4 Å². The number of benzene rings is 1. The van der Waals surface area contributed by atoms with Gasteiger partial charge in [-0.1, -0.05) is 6.08 Å². The van der Waals surface area contributed by atoms with Gasteiger partial charge in [-0.2, -0.15) is 0 Å². The highest BCUT2D eigenvalue weighted by Crippen LogP contribution is 2.58. The lowest BCUT2D eigenvalue weighted by Gasteiger charge is -2.42. The summed E-state index contributed by atoms with van der Waals surface area (Å²) >= 11 is 0. The highest BCUT2D eigenvalue weighted by molar-refractivity contribution is 8.27. The van der Waals surface area contributed by atoms with Crippen LogP contribution in [-0.4, -0.2) is 72.9 Å². The number of amides is 1. The average molecular weight is 530 g/mol. The second-order valence-corrected chi connectivity index (χ2v) is 11.9. The molecule has 4 rings (SSSR count). The van der Waals surface area contributed by atoms with Crippen LogP contribution in [0.15, 0.2) is 50.3 Å². The number of fused-ring (bicyclic) bond motifs is 3. The maximum Gasteiger partial charge on any atom is 0.237 e. The molecule has 1 amide bonds. The Hall–Kier alpha value is -3.19. The van der Waals surface area contributed by atoms with Crippen LogP contribution in [-0.2, 0) is 11.3 Å². The van der Waals surface area contributed by atoms with Gasteiger partial charge in [0, 0.05) is 36.7 Å². The number of ether oxygens (including phenoxy) is 1. The average Bonchev–Trinajstić information content (AvgIpc) is 3.20. The first kappa shape index (κ1) is 26.9. The first-order chi connectivity index (χ1) is 17.4. The van der Waals surface area contributed by atoms with Gasteiger partial charge >= 0.3 is 0 Å². The Balaban J connectivity index is 1.70. The van der Waals surface area contributed by atoms with E-state index >= 15 is 0 Å². The molecule has 0 unspecified atom stereocenters. The van der Waals surface area contributed by atoms with Gasteiger partial charge in [-0.05, 0) is 45.9 Å². The summed E-state index contributed by atoms with van der Waals surface area (Å²) in [5.41, 5.74) is 11.5. The molecule has 0 spiro atoms. The number of aromatic nitrogens is 2. The fourth-order valence-electron chi connectivity index (χ4n) is 4.35. The predicted octanol–water partition coefficient (Wildman–Crippen LogP) is 3.05. The van der Waals surface area contributed by atoms with Crippen LogP contribution in [0.2, 0.25) is 0 Å². The van der Waals surface area contributed by atoms with Crippen molar-refractivity contribution in [3.05, 3.63) is 41.1 Å². The van der Waals surface area contributed by atoms with Gasteiger partial charge in [-0.15, -0.1) is 10.6 Å². The second-order valence-electron chi connectivity index (χ2n) is 9.81. The number of aliphatic imine (C=N–C) groups is 2. The van der Waals surface area contributed by atoms with Crippen molar-refractivity contribution in [3.8, 4) is 17.1 Å². The number of imidazole rings is 1. The lowest BCUT2D eigenvalue weighted by atomic mass is 10.0. The van der Waals surface area contributed by atoms with Gasteiger partial charge in [0.15, 0.2) is 5.84 Å². The van der Waals surface area contributed by atoms with Crippen molar-refractivity contribution in [2.45, 2.75) is 57.1 Å². The molecule has 200 valence electrons. The summed E-state index contributed by atoms with van der Waals surface area (Å²) in [6, 6.07) is 5.16. The van der Waals surface area contributed by atoms with Crippen LogP contribution in [0, 0.1) is 0 Å². The number of carbonyl (C=O) groups is 1. The van der Waals surface area contributed by atoms with Crippen molar-refractivity contribution in [1.82, 2.24) is 14.5 Å². The number of carbonyl (C=O) groups excluding carboxylic acids is 1. The molecular weight excluding hydrogens is 494 g/mol. The van der Waals surface area contributed by atoms with Gasteiger partial charge < -0.3 is 20.8 Å². The number of amidine groups is 1. The number of nitrogens with zero attached hydrogens (tertiary/aromatic N) is 5. The molecule has 12 heteroatoms. The maximum atomic E-state index is 11.8. The van der Waals surface area contributed by atoms with Gasteiger partial charge in [0.2, 0.25) is 5.91 Å². The monoisotopic (exact) mass is 529 g/mol. The van der Waals surface area contributed by atoms with Crippen molar-refractivity contribution in [1.29, 1.82) is 0 Å². The molecule has 1 aromatic heterocycles. The molecule has 6 N–H and O–H groups in total. The smallest absolute Gasteiger partial charge is 0.237 e. The van der Waals surface area contributed by atoms with Crippen molar-refractivity contribution < 1.29 is 18.6 Å². The maximum absolute atomic E-state index is 11.8. The summed E-state index contributed by atoms with van der Waals surface area (Å²) in [4.78, 5) is 28.2. The van der Waals surface area contributed by atoms with Gasteiger partial charge in [-0.3, -0.25) is 23.8 Å². The Kier molecular flexibility index (Phi) is 7.47. The van der Waals surface area contributed by atoms with E-state index in [1.54, 1.807) is 38.1 Å². The summed E-state index contributed by atoms with van der Waals surface area (Å²) in [5, 5.41) is 0. The summed E-state index contributed by atoms with van der Waals surface area (Å²) in [6.45, 7) is 9.29. The minimum atomic E-state index is -3.27. The normalized spacial score (nSPS) is 17.7. The third kappa shape index (κ3) is 5.28. The Morgan fingerprint density at radius 1 is 1.30 bits per heavy atom. The highest BCUT2D eigenvalue weighted by Gasteiger charge is 2.35. The van der Waals surface area contributed by atoms with E-state index in [1.807, 2.05) is 29.5 Å². The molecule has 0 saturated carbocycles. The van der Waals surface area contributed by atoms with E-state index in [0.29, 0.717) is 71.1 Å². The molecule has 37 heavy (non-hydrogen) atoms. The standard InChI is InChI=1S/C25H35N7O4S/c1-16(2)29-22(28-15-26)20-14-31-11-12-36-21-6-5-18(13-19(21)23(31)30-20)37(34,35)17-7-9-32(10-8-17)25(3,4)24(27)33/h5-7,13-16,34-35H,8-12H2,1-4H3,(H2,27,33)(H2,26,28,29). The molecule has 0 saturated heterocycles. The molecule has 11 nitrogen and oxygen atoms in total. The van der Waals surface area contributed by atoms with Gasteiger partial charge in [0.05, 0.1) is 28.9 Å². The molecule has 2 aromatic rings. The van der Waals surface area contributed by atoms with E-state index in [2.05, 4.69) is 9.98 Å². The minimum Gasteiger partial charge on any atom is -0.491 e. The van der Waals surface area contributed by atoms with Crippen molar-refractivity contribution in [2.24, 2.45) is 21.5 Å². The van der Waals surface area contributed by atoms with E-state index in [1.165, 1.54) is 6.34 Å². The van der Waals surface area contributed by atoms with E-state index in [4.69, 9.17) is 21.2 Å². The Morgan fingerprint density at radius 2 is 2.05 bits per heavy atom. The van der Waals surface area contributed by atoms with Crippen LogP contribution < -0.4 is 16.2 Å². The van der Waals surface area contributed by atoms with E-state index in [9.17, 15) is 13.9 Å². The van der Waals surface area contributed by atoms with E-state index in [-0.39, 0.29) is 6.04 Å². The summed E-state index contributed by atoms with van der Waals surface area (Å²) in [5.74, 6) is 1.23. The zero-order chi connectivity index (χ0) is 27.0. The molecule has 3 heterocycles. The molecule has 0 aliphatic carbocycles. The fraction of sp³-hybridized carbons (Fsp3) is 0.440. The summed E-state index contributed by atoms with van der Waals surface area (Å²) in [6.07, 6.45) is 5.23. The lowest BCUT2D eigenvalue weighted by Crippen LogP contribution is -2.54. The van der Waals surface area contributed by atoms with Crippen molar-refractivity contribution in [3.63, 3.8) is 0 Å². The molecule has 2 aliphatic rings. The first-order valence-corrected chi connectivity index (χ1v) is 13.7. The third-order valence-corrected chi connectivity index (χ3v) is 8.63. The third-order valence-electron chi connectivity index (χ3n) is 6.62. The molecule has 1 aromatic carbocycles. The summed E-state index contributed by atoms with van der Waals surface area (Å²) < 4.78 is 30.5. The molecule has 0 bridgehead atoms. The first-order valence-electron chi connectivity index (χ1n) is 12.1. The van der Waals surface area contributed by atoms with Gasteiger partial charge in [-0.25, -0.2) is 9.98 Å². The van der Waals surface area contributed by atoms with Crippen LogP contribution in [0.4, 0.5) is 0 Å². The zero-order valence-electron chi connectivity index (χ0n) is 21.6. The van der Waals surface area contributed by atoms with Gasteiger partial charge in [0.25, 0.3) is 0 Å². The quantitative estimate of drug-likeness (QED) is 0.330. The number of hydrogen-bond acceptors (Lipinski definition) is 7. The Labute approximate surface area is 218 Å². The molecule has 2 aliphatic heterocycles. The molecule has 0 fully saturated rings. The lowest BCUT2D eigenvalue weighted by molar-refractivity contribution is -0.128. The van der Waals surface area contributed by atoms with Crippen LogP contribution in [0.1, 0.15) is 39.8 Å². The number of primary amides is 1. The number of rotatable bonds is 6. The van der Waals surface area contributed by atoms with Crippen molar-refractivity contribution in [2.75, 3.05) is 19.7 Å². The van der Waals surface area contributed by atoms with Gasteiger partial charge in [0.1, 0.15) is 23.9 Å². The predicted molar refractivity (Wildman–Crippen MR) is 146 cm³/mol. The Bertz CT molecular complexity index is 1280. The molecule has 0 radical (unpaired) electrons. The number of hydrogen-bond donors (Lipinski definition) is 4. The fourth-order valence-corrected chi connectivity index (χ4v) is 5.88. The molecule has 0 atom stereocenters. The van der Waals surface area contributed by atoms with Crippen LogP contribution in [0.3, 0.4) is 0 Å². The second kappa shape index (κ2) is 10.3. The van der Waals surface area contributed by atoms with Crippen LogP contribution in [0.5, 0.6) is 5.75 Å². The van der Waals surface area contributed by atoms with Crippen LogP contribution >= 0.6 is 10.6 Å². The highest BCUT2D eigenvalue weighted by atomic mass is 32.3. The minimum absolute atomic E-state index is 0.00339. The largest absolute Gasteiger partial charge is 0.491 e. The number of nitrogens with two attached hydrogens (primary N) is 2. The Morgan fingerprint density at radius 3 is 2.68 bits per heavy atom. The SMILES string of the molecule is CC(C)N=C(N=CN)c1cn2c(n1)-c1cc(S(O)(O)C3=CCN(C(C)(C)C(N)=O)CC3)ccc1OCC2. The van der Waals surface area contributed by atoms with E-state index < -0.39 is 22.0 Å².